The summed E-state index contributed by atoms with van der Waals surface area (Å²) in [4.78, 5) is 7.83. The molecule has 0 bridgehead atoms. The Bertz CT molecular complexity index is 678. The summed E-state index contributed by atoms with van der Waals surface area (Å²) in [6, 6.07) is 15.8. The van der Waals surface area contributed by atoms with Crippen molar-refractivity contribution in [2.45, 2.75) is 5.16 Å². The third-order valence-corrected chi connectivity index (χ3v) is 4.10. The fourth-order valence-corrected chi connectivity index (χ4v) is 2.88. The van der Waals surface area contributed by atoms with Crippen LogP contribution in [0.4, 0.5) is 5.69 Å². The molecule has 0 aliphatic rings. The molecule has 5 heteroatoms. The van der Waals surface area contributed by atoms with Gasteiger partial charge in [-0.25, -0.2) is 4.98 Å². The minimum Gasteiger partial charge on any atom is -0.383 e. The molecule has 0 aliphatic heterocycles. The Morgan fingerprint density at radius 3 is 2.75 bits per heavy atom. The predicted molar refractivity (Wildman–Crippen MR) is 86.8 cm³/mol. The molecule has 3 rings (SSSR count). The van der Waals surface area contributed by atoms with Gasteiger partial charge in [0.2, 0.25) is 0 Å². The standard InChI is InChI=1S/C15H14ClN3S/c16-11-5-1-2-6-12(11)17-9-10-20-15-18-13-7-3-4-8-14(13)19-15/h1-8,17H,9-10H2,(H,18,19). The normalized spacial score (nSPS) is 10.8. The highest BCUT2D eigenvalue weighted by atomic mass is 35.5. The van der Waals surface area contributed by atoms with Crippen LogP contribution < -0.4 is 5.32 Å². The second kappa shape index (κ2) is 6.20. The zero-order valence-electron chi connectivity index (χ0n) is 10.8. The number of nitrogens with zero attached hydrogens (tertiary/aromatic N) is 1. The quantitative estimate of drug-likeness (QED) is 0.541. The Labute approximate surface area is 126 Å². The average molecular weight is 304 g/mol. The van der Waals surface area contributed by atoms with Crippen LogP contribution in [0.15, 0.2) is 53.7 Å². The van der Waals surface area contributed by atoms with Crippen LogP contribution in [0.2, 0.25) is 5.02 Å². The SMILES string of the molecule is Clc1ccccc1NCCSc1nc2ccccc2[nH]1. The number of H-pyrrole nitrogens is 1. The molecule has 20 heavy (non-hydrogen) atoms. The van der Waals surface area contributed by atoms with Crippen molar-refractivity contribution in [3.05, 3.63) is 53.6 Å². The van der Waals surface area contributed by atoms with E-state index in [1.807, 2.05) is 48.5 Å². The fraction of sp³-hybridized carbons (Fsp3) is 0.133. The van der Waals surface area contributed by atoms with E-state index in [9.17, 15) is 0 Å². The van der Waals surface area contributed by atoms with E-state index in [2.05, 4.69) is 15.3 Å². The first-order valence-corrected chi connectivity index (χ1v) is 7.75. The molecule has 0 radical (unpaired) electrons. The number of benzene rings is 2. The van der Waals surface area contributed by atoms with Crippen LogP contribution in [0.1, 0.15) is 0 Å². The van der Waals surface area contributed by atoms with E-state index in [0.717, 1.165) is 39.2 Å². The first-order valence-electron chi connectivity index (χ1n) is 6.39. The van der Waals surface area contributed by atoms with Crippen LogP contribution >= 0.6 is 23.4 Å². The number of rotatable bonds is 5. The van der Waals surface area contributed by atoms with Gasteiger partial charge >= 0.3 is 0 Å². The van der Waals surface area contributed by atoms with Gasteiger partial charge in [0, 0.05) is 12.3 Å². The number of para-hydroxylation sites is 3. The Kier molecular flexibility index (Phi) is 4.14. The van der Waals surface area contributed by atoms with Crippen molar-refractivity contribution in [2.24, 2.45) is 0 Å². The summed E-state index contributed by atoms with van der Waals surface area (Å²) in [5.74, 6) is 0.922. The van der Waals surface area contributed by atoms with Gasteiger partial charge in [-0.15, -0.1) is 0 Å². The summed E-state index contributed by atoms with van der Waals surface area (Å²) in [6.07, 6.45) is 0. The Morgan fingerprint density at radius 2 is 1.90 bits per heavy atom. The van der Waals surface area contributed by atoms with Crippen molar-refractivity contribution >= 4 is 40.1 Å². The van der Waals surface area contributed by atoms with Crippen molar-refractivity contribution in [1.82, 2.24) is 9.97 Å². The van der Waals surface area contributed by atoms with Crippen LogP contribution in [0.25, 0.3) is 11.0 Å². The average Bonchev–Trinajstić information content (AvgIpc) is 2.88. The van der Waals surface area contributed by atoms with Gasteiger partial charge in [-0.1, -0.05) is 47.6 Å². The third-order valence-electron chi connectivity index (χ3n) is 2.90. The van der Waals surface area contributed by atoms with Crippen LogP contribution in [-0.4, -0.2) is 22.3 Å². The maximum Gasteiger partial charge on any atom is 0.166 e. The molecule has 0 saturated heterocycles. The molecular formula is C15H14ClN3S. The number of halogens is 1. The number of fused-ring (bicyclic) bond motifs is 1. The van der Waals surface area contributed by atoms with Crippen LogP contribution in [0.3, 0.4) is 0 Å². The van der Waals surface area contributed by atoms with Gasteiger partial charge in [-0.05, 0) is 24.3 Å². The summed E-state index contributed by atoms with van der Waals surface area (Å²) >= 11 is 7.78. The van der Waals surface area contributed by atoms with E-state index in [-0.39, 0.29) is 0 Å². The fourth-order valence-electron chi connectivity index (χ4n) is 1.94. The van der Waals surface area contributed by atoms with E-state index in [4.69, 9.17) is 11.6 Å². The number of nitrogens with one attached hydrogen (secondary N) is 2. The van der Waals surface area contributed by atoms with E-state index < -0.39 is 0 Å². The first-order chi connectivity index (χ1) is 9.83. The van der Waals surface area contributed by atoms with Gasteiger partial charge < -0.3 is 10.3 Å². The van der Waals surface area contributed by atoms with Crippen molar-refractivity contribution in [2.75, 3.05) is 17.6 Å². The molecule has 102 valence electrons. The second-order valence-corrected chi connectivity index (χ2v) is 5.81. The molecule has 0 spiro atoms. The number of aromatic amines is 1. The second-order valence-electron chi connectivity index (χ2n) is 4.31. The lowest BCUT2D eigenvalue weighted by molar-refractivity contribution is 1.07. The largest absolute Gasteiger partial charge is 0.383 e. The highest BCUT2D eigenvalue weighted by Gasteiger charge is 2.02. The van der Waals surface area contributed by atoms with Crippen molar-refractivity contribution in [3.63, 3.8) is 0 Å². The molecular weight excluding hydrogens is 290 g/mol. The van der Waals surface area contributed by atoms with Gasteiger partial charge in [-0.3, -0.25) is 0 Å². The maximum atomic E-state index is 6.09. The highest BCUT2D eigenvalue weighted by Crippen LogP contribution is 2.22. The van der Waals surface area contributed by atoms with E-state index >= 15 is 0 Å². The number of aromatic nitrogens is 2. The Hall–Kier alpha value is -1.65. The summed E-state index contributed by atoms with van der Waals surface area (Å²) < 4.78 is 0. The zero-order chi connectivity index (χ0) is 13.8. The van der Waals surface area contributed by atoms with Crippen molar-refractivity contribution in [1.29, 1.82) is 0 Å². The van der Waals surface area contributed by atoms with Crippen LogP contribution in [-0.2, 0) is 0 Å². The summed E-state index contributed by atoms with van der Waals surface area (Å²) in [7, 11) is 0. The molecule has 0 atom stereocenters. The van der Waals surface area contributed by atoms with Crippen LogP contribution in [0, 0.1) is 0 Å². The van der Waals surface area contributed by atoms with E-state index in [0.29, 0.717) is 0 Å². The van der Waals surface area contributed by atoms with Gasteiger partial charge in [0.1, 0.15) is 0 Å². The topological polar surface area (TPSA) is 40.7 Å². The number of hydrogen-bond acceptors (Lipinski definition) is 3. The highest BCUT2D eigenvalue weighted by molar-refractivity contribution is 7.99. The lowest BCUT2D eigenvalue weighted by atomic mass is 10.3. The molecule has 2 N–H and O–H groups in total. The molecule has 0 amide bonds. The van der Waals surface area contributed by atoms with E-state index in [1.54, 1.807) is 11.8 Å². The third kappa shape index (κ3) is 3.08. The van der Waals surface area contributed by atoms with Crippen molar-refractivity contribution in [3.8, 4) is 0 Å². The minimum absolute atomic E-state index is 0.751. The first kappa shape index (κ1) is 13.3. The molecule has 0 aliphatic carbocycles. The minimum atomic E-state index is 0.751. The monoisotopic (exact) mass is 303 g/mol. The summed E-state index contributed by atoms with van der Waals surface area (Å²) in [5.41, 5.74) is 3.06. The van der Waals surface area contributed by atoms with E-state index in [1.165, 1.54) is 0 Å². The smallest absolute Gasteiger partial charge is 0.166 e. The molecule has 2 aromatic carbocycles. The van der Waals surface area contributed by atoms with Crippen molar-refractivity contribution < 1.29 is 0 Å². The molecule has 0 fully saturated rings. The number of thioether (sulfide) groups is 1. The lowest BCUT2D eigenvalue weighted by Gasteiger charge is -2.06. The van der Waals surface area contributed by atoms with Gasteiger partial charge in [-0.2, -0.15) is 0 Å². The van der Waals surface area contributed by atoms with Gasteiger partial charge in [0.15, 0.2) is 5.16 Å². The van der Waals surface area contributed by atoms with Gasteiger partial charge in [0.25, 0.3) is 0 Å². The molecule has 1 aromatic heterocycles. The molecule has 3 aromatic rings. The van der Waals surface area contributed by atoms with Gasteiger partial charge in [0.05, 0.1) is 21.7 Å². The summed E-state index contributed by atoms with van der Waals surface area (Å²) in [6.45, 7) is 0.839. The number of anilines is 1. The summed E-state index contributed by atoms with van der Waals surface area (Å²) in [5, 5.41) is 5.02. The zero-order valence-corrected chi connectivity index (χ0v) is 12.3. The molecule has 0 unspecified atom stereocenters. The molecule has 3 nitrogen and oxygen atoms in total. The Balaban J connectivity index is 1.54. The Morgan fingerprint density at radius 1 is 1.10 bits per heavy atom. The molecule has 1 heterocycles. The number of imidazole rings is 1. The molecule has 0 saturated carbocycles. The number of hydrogen-bond donors (Lipinski definition) is 2. The van der Waals surface area contributed by atoms with Crippen LogP contribution in [0.5, 0.6) is 0 Å². The predicted octanol–water partition coefficient (Wildman–Crippen LogP) is 4.42. The maximum absolute atomic E-state index is 6.09. The lowest BCUT2D eigenvalue weighted by Crippen LogP contribution is -2.04.